The van der Waals surface area contributed by atoms with Crippen LogP contribution in [0, 0.1) is 5.41 Å². The fourth-order valence-corrected chi connectivity index (χ4v) is 1.80. The number of rotatable bonds is 5. The molecular weight excluding hydrogens is 254 g/mol. The lowest BCUT2D eigenvalue weighted by Gasteiger charge is -2.25. The van der Waals surface area contributed by atoms with E-state index in [0.29, 0.717) is 6.42 Å². The average Bonchev–Trinajstić information content (AvgIpc) is 2.36. The summed E-state index contributed by atoms with van der Waals surface area (Å²) < 4.78 is 5.16. The molecule has 4 heteroatoms. The molecule has 0 fully saturated rings. The molecule has 0 aliphatic heterocycles. The van der Waals surface area contributed by atoms with E-state index in [4.69, 9.17) is 4.74 Å². The first-order chi connectivity index (χ1) is 9.24. The third kappa shape index (κ3) is 5.87. The van der Waals surface area contributed by atoms with Crippen molar-refractivity contribution in [2.45, 2.75) is 39.7 Å². The molecule has 0 saturated heterocycles. The van der Waals surface area contributed by atoms with Gasteiger partial charge in [-0.15, -0.1) is 0 Å². The Morgan fingerprint density at radius 3 is 2.30 bits per heavy atom. The van der Waals surface area contributed by atoms with E-state index in [-0.39, 0.29) is 6.54 Å². The zero-order valence-electron chi connectivity index (χ0n) is 12.6. The van der Waals surface area contributed by atoms with Crippen molar-refractivity contribution in [2.24, 2.45) is 5.41 Å². The van der Waals surface area contributed by atoms with E-state index in [1.807, 2.05) is 37.3 Å². The summed E-state index contributed by atoms with van der Waals surface area (Å²) in [5, 5.41) is 2.66. The fourth-order valence-electron chi connectivity index (χ4n) is 1.80. The Hall–Kier alpha value is -1.84. The molecule has 1 rings (SSSR count). The smallest absolute Gasteiger partial charge is 0.407 e. The maximum Gasteiger partial charge on any atom is 0.407 e. The number of amides is 1. The standard InChI is InChI=1S/C16H23NO3/c1-15(2,3)20-14(19)17-11-16(4,12-18)10-13-8-6-5-7-9-13/h5-9,12H,10-11H2,1-4H3,(H,17,19). The minimum absolute atomic E-state index is 0.250. The zero-order valence-corrected chi connectivity index (χ0v) is 12.6. The van der Waals surface area contributed by atoms with Crippen LogP contribution in [-0.4, -0.2) is 24.5 Å². The summed E-state index contributed by atoms with van der Waals surface area (Å²) in [6.07, 6.45) is 0.962. The number of carbonyl (C=O) groups is 2. The number of hydrogen-bond acceptors (Lipinski definition) is 3. The van der Waals surface area contributed by atoms with Crippen molar-refractivity contribution in [1.82, 2.24) is 5.32 Å². The second kappa shape index (κ2) is 6.55. The van der Waals surface area contributed by atoms with Crippen molar-refractivity contribution in [3.8, 4) is 0 Å². The lowest BCUT2D eigenvalue weighted by atomic mass is 9.85. The Labute approximate surface area is 120 Å². The van der Waals surface area contributed by atoms with Gasteiger partial charge in [-0.3, -0.25) is 0 Å². The highest BCUT2D eigenvalue weighted by atomic mass is 16.6. The van der Waals surface area contributed by atoms with Gasteiger partial charge >= 0.3 is 6.09 Å². The highest BCUT2D eigenvalue weighted by Crippen LogP contribution is 2.19. The topological polar surface area (TPSA) is 55.4 Å². The molecule has 0 aliphatic carbocycles. The van der Waals surface area contributed by atoms with Crippen molar-refractivity contribution in [2.75, 3.05) is 6.54 Å². The van der Waals surface area contributed by atoms with Gasteiger partial charge in [-0.05, 0) is 32.8 Å². The summed E-state index contributed by atoms with van der Waals surface area (Å²) in [5.74, 6) is 0. The molecular formula is C16H23NO3. The van der Waals surface area contributed by atoms with Gasteiger partial charge in [0.1, 0.15) is 11.9 Å². The third-order valence-corrected chi connectivity index (χ3v) is 2.77. The van der Waals surface area contributed by atoms with Gasteiger partial charge in [0.2, 0.25) is 0 Å². The summed E-state index contributed by atoms with van der Waals surface area (Å²) in [7, 11) is 0. The van der Waals surface area contributed by atoms with Gasteiger partial charge in [0.05, 0.1) is 0 Å². The number of ether oxygens (including phenoxy) is 1. The molecule has 1 atom stereocenters. The highest BCUT2D eigenvalue weighted by molar-refractivity contribution is 5.69. The van der Waals surface area contributed by atoms with Gasteiger partial charge in [0.25, 0.3) is 0 Å². The summed E-state index contributed by atoms with van der Waals surface area (Å²) in [5.41, 5.74) is -0.118. The van der Waals surface area contributed by atoms with Crippen LogP contribution >= 0.6 is 0 Å². The summed E-state index contributed by atoms with van der Waals surface area (Å²) >= 11 is 0. The normalized spacial score (nSPS) is 14.2. The molecule has 0 bridgehead atoms. The number of alkyl carbamates (subject to hydrolysis) is 1. The second-order valence-corrected chi connectivity index (χ2v) is 6.29. The quantitative estimate of drug-likeness (QED) is 0.842. The van der Waals surface area contributed by atoms with Crippen molar-refractivity contribution in [1.29, 1.82) is 0 Å². The number of aldehydes is 1. The van der Waals surface area contributed by atoms with Crippen LogP contribution in [0.4, 0.5) is 4.79 Å². The van der Waals surface area contributed by atoms with E-state index in [2.05, 4.69) is 5.32 Å². The van der Waals surface area contributed by atoms with Crippen LogP contribution in [-0.2, 0) is 16.0 Å². The summed E-state index contributed by atoms with van der Waals surface area (Å²) in [4.78, 5) is 23.0. The molecule has 0 radical (unpaired) electrons. The Morgan fingerprint density at radius 2 is 1.80 bits per heavy atom. The summed E-state index contributed by atoms with van der Waals surface area (Å²) in [6.45, 7) is 7.48. The van der Waals surface area contributed by atoms with Crippen molar-refractivity contribution in [3.05, 3.63) is 35.9 Å². The van der Waals surface area contributed by atoms with Crippen LogP contribution in [0.2, 0.25) is 0 Å². The fraction of sp³-hybridized carbons (Fsp3) is 0.500. The van der Waals surface area contributed by atoms with Crippen molar-refractivity contribution >= 4 is 12.4 Å². The van der Waals surface area contributed by atoms with E-state index < -0.39 is 17.1 Å². The van der Waals surface area contributed by atoms with Gasteiger partial charge in [0, 0.05) is 12.0 Å². The average molecular weight is 277 g/mol. The van der Waals surface area contributed by atoms with Crippen LogP contribution < -0.4 is 5.32 Å². The molecule has 0 aliphatic rings. The SMILES string of the molecule is CC(C=O)(CNC(=O)OC(C)(C)C)Cc1ccccc1. The van der Waals surface area contributed by atoms with Gasteiger partial charge in [0.15, 0.2) is 0 Å². The largest absolute Gasteiger partial charge is 0.444 e. The Bertz CT molecular complexity index is 451. The number of nitrogens with one attached hydrogen (secondary N) is 1. The number of hydrogen-bond donors (Lipinski definition) is 1. The molecule has 1 amide bonds. The Morgan fingerprint density at radius 1 is 1.20 bits per heavy atom. The maximum atomic E-state index is 11.6. The third-order valence-electron chi connectivity index (χ3n) is 2.77. The van der Waals surface area contributed by atoms with E-state index in [1.54, 1.807) is 20.8 Å². The zero-order chi connectivity index (χ0) is 15.2. The van der Waals surface area contributed by atoms with Gasteiger partial charge in [-0.2, -0.15) is 0 Å². The molecule has 0 heterocycles. The maximum absolute atomic E-state index is 11.6. The van der Waals surface area contributed by atoms with Crippen LogP contribution in [0.5, 0.6) is 0 Å². The predicted molar refractivity (Wildman–Crippen MR) is 78.6 cm³/mol. The first-order valence-corrected chi connectivity index (χ1v) is 6.71. The first kappa shape index (κ1) is 16.2. The minimum Gasteiger partial charge on any atom is -0.444 e. The molecule has 0 aromatic heterocycles. The molecule has 1 unspecified atom stereocenters. The predicted octanol–water partition coefficient (Wildman–Crippen LogP) is 2.96. The van der Waals surface area contributed by atoms with Gasteiger partial charge in [-0.1, -0.05) is 37.3 Å². The molecule has 4 nitrogen and oxygen atoms in total. The molecule has 1 N–H and O–H groups in total. The Kier molecular flexibility index (Phi) is 5.31. The molecule has 110 valence electrons. The van der Waals surface area contributed by atoms with E-state index in [9.17, 15) is 9.59 Å². The molecule has 0 saturated carbocycles. The molecule has 0 spiro atoms. The van der Waals surface area contributed by atoms with Gasteiger partial charge < -0.3 is 14.8 Å². The molecule has 1 aromatic rings. The van der Waals surface area contributed by atoms with E-state index >= 15 is 0 Å². The van der Waals surface area contributed by atoms with E-state index in [1.165, 1.54) is 0 Å². The van der Waals surface area contributed by atoms with Crippen LogP contribution in [0.15, 0.2) is 30.3 Å². The monoisotopic (exact) mass is 277 g/mol. The first-order valence-electron chi connectivity index (χ1n) is 6.71. The number of carbonyl (C=O) groups excluding carboxylic acids is 2. The minimum atomic E-state index is -0.641. The second-order valence-electron chi connectivity index (χ2n) is 6.29. The van der Waals surface area contributed by atoms with Crippen LogP contribution in [0.25, 0.3) is 0 Å². The van der Waals surface area contributed by atoms with Crippen LogP contribution in [0.3, 0.4) is 0 Å². The lowest BCUT2D eigenvalue weighted by Crippen LogP contribution is -2.40. The lowest BCUT2D eigenvalue weighted by molar-refractivity contribution is -0.115. The van der Waals surface area contributed by atoms with Crippen molar-refractivity contribution < 1.29 is 14.3 Å². The van der Waals surface area contributed by atoms with Gasteiger partial charge in [-0.25, -0.2) is 4.79 Å². The molecule has 20 heavy (non-hydrogen) atoms. The summed E-state index contributed by atoms with van der Waals surface area (Å²) in [6, 6.07) is 9.73. The van der Waals surface area contributed by atoms with Crippen molar-refractivity contribution in [3.63, 3.8) is 0 Å². The molecule has 1 aromatic carbocycles. The number of benzene rings is 1. The highest BCUT2D eigenvalue weighted by Gasteiger charge is 2.26. The van der Waals surface area contributed by atoms with E-state index in [0.717, 1.165) is 11.8 Å². The Balaban J connectivity index is 2.58. The van der Waals surface area contributed by atoms with Crippen LogP contribution in [0.1, 0.15) is 33.3 Å².